The molecule has 3 heteroatoms. The SMILES string of the molecule is BrCCOc1ccccc1N(c1ccccc1)c1cccc2ccccc12. The summed E-state index contributed by atoms with van der Waals surface area (Å²) < 4.78 is 6.03. The van der Waals surface area contributed by atoms with E-state index >= 15 is 0 Å². The smallest absolute Gasteiger partial charge is 0.143 e. The van der Waals surface area contributed by atoms with Gasteiger partial charge < -0.3 is 9.64 Å². The zero-order valence-corrected chi connectivity index (χ0v) is 16.5. The molecule has 134 valence electrons. The Labute approximate surface area is 168 Å². The summed E-state index contributed by atoms with van der Waals surface area (Å²) in [5.41, 5.74) is 3.26. The average molecular weight is 418 g/mol. The van der Waals surface area contributed by atoms with Crippen LogP contribution in [0.5, 0.6) is 5.75 Å². The predicted molar refractivity (Wildman–Crippen MR) is 118 cm³/mol. The van der Waals surface area contributed by atoms with Crippen molar-refractivity contribution in [3.63, 3.8) is 0 Å². The Morgan fingerprint density at radius 3 is 2.19 bits per heavy atom. The van der Waals surface area contributed by atoms with Gasteiger partial charge in [-0.15, -0.1) is 0 Å². The fraction of sp³-hybridized carbons (Fsp3) is 0.0833. The summed E-state index contributed by atoms with van der Waals surface area (Å²) in [7, 11) is 0. The third-order valence-corrected chi connectivity index (χ3v) is 4.79. The van der Waals surface area contributed by atoms with Gasteiger partial charge in [0.15, 0.2) is 0 Å². The van der Waals surface area contributed by atoms with Crippen LogP contribution in [0.25, 0.3) is 10.8 Å². The highest BCUT2D eigenvalue weighted by atomic mass is 79.9. The highest BCUT2D eigenvalue weighted by Gasteiger charge is 2.18. The number of nitrogens with zero attached hydrogens (tertiary/aromatic N) is 1. The number of anilines is 3. The molecule has 0 aliphatic heterocycles. The second-order valence-corrected chi connectivity index (χ2v) is 6.97. The van der Waals surface area contributed by atoms with Gasteiger partial charge in [-0.1, -0.05) is 82.7 Å². The molecule has 2 nitrogen and oxygen atoms in total. The van der Waals surface area contributed by atoms with Crippen LogP contribution in [0.2, 0.25) is 0 Å². The van der Waals surface area contributed by atoms with Crippen LogP contribution in [0.15, 0.2) is 97.1 Å². The zero-order valence-electron chi connectivity index (χ0n) is 14.9. The lowest BCUT2D eigenvalue weighted by Crippen LogP contribution is -2.12. The van der Waals surface area contributed by atoms with E-state index in [0.29, 0.717) is 6.61 Å². The molecular weight excluding hydrogens is 398 g/mol. The average Bonchev–Trinajstić information content (AvgIpc) is 2.74. The van der Waals surface area contributed by atoms with Crippen LogP contribution in [-0.4, -0.2) is 11.9 Å². The number of para-hydroxylation sites is 3. The Morgan fingerprint density at radius 2 is 1.33 bits per heavy atom. The van der Waals surface area contributed by atoms with Gasteiger partial charge in [0.2, 0.25) is 0 Å². The van der Waals surface area contributed by atoms with Gasteiger partial charge in [0.1, 0.15) is 5.75 Å². The van der Waals surface area contributed by atoms with Crippen molar-refractivity contribution >= 4 is 43.8 Å². The molecule has 0 heterocycles. The number of benzene rings is 4. The minimum Gasteiger partial charge on any atom is -0.491 e. The molecule has 4 aromatic rings. The Hall–Kier alpha value is -2.78. The summed E-state index contributed by atoms with van der Waals surface area (Å²) in [5, 5.41) is 3.22. The van der Waals surface area contributed by atoms with Crippen molar-refractivity contribution in [1.82, 2.24) is 0 Å². The summed E-state index contributed by atoms with van der Waals surface area (Å²) >= 11 is 3.45. The van der Waals surface area contributed by atoms with E-state index in [4.69, 9.17) is 4.74 Å². The number of alkyl halides is 1. The Bertz CT molecular complexity index is 1030. The molecule has 0 N–H and O–H groups in total. The molecular formula is C24H20BrNO. The number of fused-ring (bicyclic) bond motifs is 1. The third kappa shape index (κ3) is 3.69. The summed E-state index contributed by atoms with van der Waals surface area (Å²) in [4.78, 5) is 2.27. The van der Waals surface area contributed by atoms with Crippen molar-refractivity contribution in [3.8, 4) is 5.75 Å². The molecule has 0 bridgehead atoms. The molecule has 0 aliphatic rings. The molecule has 4 rings (SSSR count). The molecule has 0 aliphatic carbocycles. The highest BCUT2D eigenvalue weighted by molar-refractivity contribution is 9.09. The van der Waals surface area contributed by atoms with Crippen molar-refractivity contribution in [2.24, 2.45) is 0 Å². The quantitative estimate of drug-likeness (QED) is 0.310. The van der Waals surface area contributed by atoms with Gasteiger partial charge in [-0.2, -0.15) is 0 Å². The summed E-state index contributed by atoms with van der Waals surface area (Å²) in [6.07, 6.45) is 0. The first-order valence-electron chi connectivity index (χ1n) is 8.99. The van der Waals surface area contributed by atoms with E-state index in [1.54, 1.807) is 0 Å². The molecule has 0 saturated carbocycles. The molecule has 27 heavy (non-hydrogen) atoms. The van der Waals surface area contributed by atoms with E-state index < -0.39 is 0 Å². The van der Waals surface area contributed by atoms with Gasteiger partial charge in [0.25, 0.3) is 0 Å². The molecule has 0 aromatic heterocycles. The summed E-state index contributed by atoms with van der Waals surface area (Å²) in [5.74, 6) is 0.869. The van der Waals surface area contributed by atoms with Gasteiger partial charge in [-0.25, -0.2) is 0 Å². The van der Waals surface area contributed by atoms with E-state index in [0.717, 1.165) is 28.1 Å². The first kappa shape index (κ1) is 17.6. The van der Waals surface area contributed by atoms with E-state index in [1.165, 1.54) is 10.8 Å². The van der Waals surface area contributed by atoms with Crippen LogP contribution in [-0.2, 0) is 0 Å². The van der Waals surface area contributed by atoms with Crippen LogP contribution < -0.4 is 9.64 Å². The van der Waals surface area contributed by atoms with Crippen LogP contribution in [0.4, 0.5) is 17.1 Å². The predicted octanol–water partition coefficient (Wildman–Crippen LogP) is 7.08. The van der Waals surface area contributed by atoms with E-state index in [-0.39, 0.29) is 0 Å². The van der Waals surface area contributed by atoms with E-state index in [1.807, 2.05) is 18.2 Å². The highest BCUT2D eigenvalue weighted by Crippen LogP contribution is 2.42. The number of hydrogen-bond donors (Lipinski definition) is 0. The van der Waals surface area contributed by atoms with Crippen molar-refractivity contribution in [2.75, 3.05) is 16.8 Å². The van der Waals surface area contributed by atoms with Crippen molar-refractivity contribution in [2.45, 2.75) is 0 Å². The van der Waals surface area contributed by atoms with Crippen molar-refractivity contribution < 1.29 is 4.74 Å². The van der Waals surface area contributed by atoms with Gasteiger partial charge in [-0.05, 0) is 35.7 Å². The standard InChI is InChI=1S/C24H20BrNO/c25-17-18-27-24-16-7-6-14-23(24)26(20-11-2-1-3-12-20)22-15-8-10-19-9-4-5-13-21(19)22/h1-16H,17-18H2. The minimum atomic E-state index is 0.620. The van der Waals surface area contributed by atoms with Crippen LogP contribution in [0, 0.1) is 0 Å². The third-order valence-electron chi connectivity index (χ3n) is 4.46. The number of hydrogen-bond acceptors (Lipinski definition) is 2. The lowest BCUT2D eigenvalue weighted by molar-refractivity contribution is 0.346. The molecule has 0 spiro atoms. The Morgan fingerprint density at radius 1 is 0.667 bits per heavy atom. The normalized spacial score (nSPS) is 10.7. The topological polar surface area (TPSA) is 12.5 Å². The number of rotatable bonds is 6. The van der Waals surface area contributed by atoms with Gasteiger partial charge in [0, 0.05) is 16.4 Å². The molecule has 0 saturated heterocycles. The Kier molecular flexibility index (Phi) is 5.40. The molecule has 0 radical (unpaired) electrons. The maximum atomic E-state index is 6.03. The summed E-state index contributed by atoms with van der Waals surface area (Å²) in [6, 6.07) is 33.5. The maximum absolute atomic E-state index is 6.03. The second-order valence-electron chi connectivity index (χ2n) is 6.17. The van der Waals surface area contributed by atoms with Crippen LogP contribution in [0.3, 0.4) is 0 Å². The Balaban J connectivity index is 1.94. The fourth-order valence-corrected chi connectivity index (χ4v) is 3.46. The number of halogens is 1. The van der Waals surface area contributed by atoms with E-state index in [2.05, 4.69) is 99.7 Å². The molecule has 0 amide bonds. The fourth-order valence-electron chi connectivity index (χ4n) is 3.30. The molecule has 4 aromatic carbocycles. The van der Waals surface area contributed by atoms with Crippen LogP contribution in [0.1, 0.15) is 0 Å². The largest absolute Gasteiger partial charge is 0.491 e. The molecule has 0 unspecified atom stereocenters. The van der Waals surface area contributed by atoms with Gasteiger partial charge in [0.05, 0.1) is 18.0 Å². The monoisotopic (exact) mass is 417 g/mol. The first-order chi connectivity index (χ1) is 13.4. The van der Waals surface area contributed by atoms with E-state index in [9.17, 15) is 0 Å². The summed E-state index contributed by atoms with van der Waals surface area (Å²) in [6.45, 7) is 0.620. The zero-order chi connectivity index (χ0) is 18.5. The maximum Gasteiger partial charge on any atom is 0.143 e. The van der Waals surface area contributed by atoms with Crippen molar-refractivity contribution in [3.05, 3.63) is 97.1 Å². The van der Waals surface area contributed by atoms with Crippen molar-refractivity contribution in [1.29, 1.82) is 0 Å². The lowest BCUT2D eigenvalue weighted by atomic mass is 10.1. The van der Waals surface area contributed by atoms with Gasteiger partial charge >= 0.3 is 0 Å². The molecule has 0 atom stereocenters. The molecule has 0 fully saturated rings. The lowest BCUT2D eigenvalue weighted by Gasteiger charge is -2.28. The first-order valence-corrected chi connectivity index (χ1v) is 10.1. The van der Waals surface area contributed by atoms with Gasteiger partial charge in [-0.3, -0.25) is 0 Å². The van der Waals surface area contributed by atoms with Crippen LogP contribution >= 0.6 is 15.9 Å². The number of ether oxygens (including phenoxy) is 1. The minimum absolute atomic E-state index is 0.620. The second kappa shape index (κ2) is 8.28.